The molecule has 1 aliphatic rings. The second kappa shape index (κ2) is 7.68. The normalized spacial score (nSPS) is 16.2. The summed E-state index contributed by atoms with van der Waals surface area (Å²) in [6.45, 7) is 1.73. The quantitative estimate of drug-likeness (QED) is 0.642. The van der Waals surface area contributed by atoms with E-state index in [0.29, 0.717) is 22.8 Å². The zero-order valence-corrected chi connectivity index (χ0v) is 15.7. The largest absolute Gasteiger partial charge is 0.389 e. The number of anilines is 3. The van der Waals surface area contributed by atoms with Crippen LogP contribution in [0, 0.1) is 0 Å². The van der Waals surface area contributed by atoms with Gasteiger partial charge in [-0.1, -0.05) is 40.4 Å². The molecule has 3 rings (SSSR count). The molecule has 2 aromatic rings. The van der Waals surface area contributed by atoms with Crippen LogP contribution in [0.4, 0.5) is 17.5 Å². The average molecular weight is 412 g/mol. The van der Waals surface area contributed by atoms with E-state index in [1.807, 2.05) is 18.2 Å². The van der Waals surface area contributed by atoms with Gasteiger partial charge < -0.3 is 15.7 Å². The second-order valence-corrected chi connectivity index (χ2v) is 7.31. The third kappa shape index (κ3) is 4.18. The lowest BCUT2D eigenvalue weighted by molar-refractivity contribution is 0.198. The fourth-order valence-electron chi connectivity index (χ4n) is 2.86. The molecule has 1 unspecified atom stereocenters. The van der Waals surface area contributed by atoms with Gasteiger partial charge in [0.1, 0.15) is 5.02 Å². The summed E-state index contributed by atoms with van der Waals surface area (Å²) in [6.07, 6.45) is 5.81. The number of hydrogen-bond acceptors (Lipinski definition) is 5. The van der Waals surface area contributed by atoms with Gasteiger partial charge in [0.25, 0.3) is 0 Å². The SMILES string of the molecule is CC(O)c1cc(Nc2ncc(Cl)c(NC3CCCC3)n2)ccc1Br. The maximum Gasteiger partial charge on any atom is 0.229 e. The summed E-state index contributed by atoms with van der Waals surface area (Å²) < 4.78 is 0.865. The Kier molecular flexibility index (Phi) is 5.58. The Morgan fingerprint density at radius 2 is 2.08 bits per heavy atom. The van der Waals surface area contributed by atoms with Crippen LogP contribution in [0.1, 0.15) is 44.3 Å². The summed E-state index contributed by atoms with van der Waals surface area (Å²) in [5.41, 5.74) is 1.61. The molecule has 1 aromatic carbocycles. The molecule has 24 heavy (non-hydrogen) atoms. The van der Waals surface area contributed by atoms with Gasteiger partial charge in [-0.05, 0) is 43.5 Å². The van der Waals surface area contributed by atoms with Crippen LogP contribution in [0.15, 0.2) is 28.9 Å². The van der Waals surface area contributed by atoms with Crippen molar-refractivity contribution in [3.05, 3.63) is 39.5 Å². The Labute approximate surface area is 155 Å². The minimum Gasteiger partial charge on any atom is -0.389 e. The molecule has 1 fully saturated rings. The highest BCUT2D eigenvalue weighted by Crippen LogP contribution is 2.29. The van der Waals surface area contributed by atoms with Gasteiger partial charge in [0.15, 0.2) is 5.82 Å². The molecular weight excluding hydrogens is 392 g/mol. The molecule has 1 aliphatic carbocycles. The van der Waals surface area contributed by atoms with Gasteiger partial charge in [-0.15, -0.1) is 0 Å². The average Bonchev–Trinajstić information content (AvgIpc) is 3.05. The lowest BCUT2D eigenvalue weighted by Crippen LogP contribution is -2.16. The van der Waals surface area contributed by atoms with Crippen molar-refractivity contribution in [3.63, 3.8) is 0 Å². The van der Waals surface area contributed by atoms with Crippen molar-refractivity contribution in [3.8, 4) is 0 Å². The number of halogens is 2. The molecule has 0 aliphatic heterocycles. The molecule has 128 valence electrons. The molecule has 0 saturated heterocycles. The van der Waals surface area contributed by atoms with Gasteiger partial charge in [0.05, 0.1) is 12.3 Å². The minimum atomic E-state index is -0.563. The van der Waals surface area contributed by atoms with Crippen LogP contribution in [0.5, 0.6) is 0 Å². The number of benzene rings is 1. The molecule has 3 N–H and O–H groups in total. The summed E-state index contributed by atoms with van der Waals surface area (Å²) in [5.74, 6) is 1.13. The van der Waals surface area contributed by atoms with Crippen molar-refractivity contribution in [1.29, 1.82) is 0 Å². The molecule has 1 saturated carbocycles. The van der Waals surface area contributed by atoms with Crippen LogP contribution in [0.3, 0.4) is 0 Å². The van der Waals surface area contributed by atoms with Gasteiger partial charge in [-0.25, -0.2) is 4.98 Å². The van der Waals surface area contributed by atoms with E-state index in [1.54, 1.807) is 13.1 Å². The van der Waals surface area contributed by atoms with E-state index in [-0.39, 0.29) is 0 Å². The summed E-state index contributed by atoms with van der Waals surface area (Å²) in [6, 6.07) is 6.09. The minimum absolute atomic E-state index is 0.430. The smallest absolute Gasteiger partial charge is 0.229 e. The lowest BCUT2D eigenvalue weighted by atomic mass is 10.1. The molecule has 0 radical (unpaired) electrons. The van der Waals surface area contributed by atoms with Crippen molar-refractivity contribution in [2.24, 2.45) is 0 Å². The summed E-state index contributed by atoms with van der Waals surface area (Å²) >= 11 is 9.65. The van der Waals surface area contributed by atoms with Crippen molar-refractivity contribution in [2.45, 2.75) is 44.8 Å². The predicted molar refractivity (Wildman–Crippen MR) is 101 cm³/mol. The Hall–Kier alpha value is -1.37. The Balaban J connectivity index is 1.78. The predicted octanol–water partition coefficient (Wildman–Crippen LogP) is 5.04. The summed E-state index contributed by atoms with van der Waals surface area (Å²) in [7, 11) is 0. The van der Waals surface area contributed by atoms with Gasteiger partial charge in [-0.2, -0.15) is 4.98 Å². The van der Waals surface area contributed by atoms with Crippen molar-refractivity contribution < 1.29 is 5.11 Å². The number of hydrogen-bond donors (Lipinski definition) is 3. The fraction of sp³-hybridized carbons (Fsp3) is 0.412. The van der Waals surface area contributed by atoms with Crippen molar-refractivity contribution in [2.75, 3.05) is 10.6 Å². The van der Waals surface area contributed by atoms with Crippen molar-refractivity contribution >= 4 is 45.0 Å². The highest BCUT2D eigenvalue weighted by molar-refractivity contribution is 9.10. The Bertz CT molecular complexity index is 720. The molecule has 1 atom stereocenters. The Morgan fingerprint density at radius 3 is 2.79 bits per heavy atom. The monoisotopic (exact) mass is 410 g/mol. The van der Waals surface area contributed by atoms with Gasteiger partial charge in [-0.3, -0.25) is 0 Å². The van der Waals surface area contributed by atoms with Gasteiger partial charge in [0, 0.05) is 16.2 Å². The van der Waals surface area contributed by atoms with Gasteiger partial charge in [0.2, 0.25) is 5.95 Å². The highest BCUT2D eigenvalue weighted by Gasteiger charge is 2.17. The van der Waals surface area contributed by atoms with E-state index in [2.05, 4.69) is 36.5 Å². The maximum atomic E-state index is 9.82. The van der Waals surface area contributed by atoms with Crippen LogP contribution in [0.2, 0.25) is 5.02 Å². The molecule has 0 amide bonds. The molecule has 1 aromatic heterocycles. The fourth-order valence-corrected chi connectivity index (χ4v) is 3.59. The van der Waals surface area contributed by atoms with Crippen molar-refractivity contribution in [1.82, 2.24) is 9.97 Å². The van der Waals surface area contributed by atoms with E-state index >= 15 is 0 Å². The van der Waals surface area contributed by atoms with E-state index in [0.717, 1.165) is 28.6 Å². The molecule has 1 heterocycles. The lowest BCUT2D eigenvalue weighted by Gasteiger charge is -2.15. The number of aliphatic hydroxyl groups excluding tert-OH is 1. The third-order valence-electron chi connectivity index (χ3n) is 4.14. The first-order chi connectivity index (χ1) is 11.5. The summed E-state index contributed by atoms with van der Waals surface area (Å²) in [4.78, 5) is 8.73. The van der Waals surface area contributed by atoms with E-state index in [9.17, 15) is 5.11 Å². The number of nitrogens with one attached hydrogen (secondary N) is 2. The maximum absolute atomic E-state index is 9.82. The zero-order valence-electron chi connectivity index (χ0n) is 13.4. The first kappa shape index (κ1) is 17.5. The third-order valence-corrected chi connectivity index (χ3v) is 5.14. The number of aromatic nitrogens is 2. The second-order valence-electron chi connectivity index (χ2n) is 6.05. The van der Waals surface area contributed by atoms with Crippen LogP contribution >= 0.6 is 27.5 Å². The van der Waals surface area contributed by atoms with Crippen LogP contribution in [0.25, 0.3) is 0 Å². The van der Waals surface area contributed by atoms with E-state index in [1.165, 1.54) is 12.8 Å². The molecule has 7 heteroatoms. The van der Waals surface area contributed by atoms with Gasteiger partial charge >= 0.3 is 0 Å². The first-order valence-corrected chi connectivity index (χ1v) is 9.23. The molecule has 0 spiro atoms. The molecular formula is C17H20BrClN4O. The van der Waals surface area contributed by atoms with Crippen LogP contribution in [-0.4, -0.2) is 21.1 Å². The molecule has 5 nitrogen and oxygen atoms in total. The first-order valence-electron chi connectivity index (χ1n) is 8.06. The Morgan fingerprint density at radius 1 is 1.33 bits per heavy atom. The highest BCUT2D eigenvalue weighted by atomic mass is 79.9. The van der Waals surface area contributed by atoms with E-state index in [4.69, 9.17) is 11.6 Å². The number of aliphatic hydroxyl groups is 1. The van der Waals surface area contributed by atoms with Crippen LogP contribution < -0.4 is 10.6 Å². The van der Waals surface area contributed by atoms with Crippen LogP contribution in [-0.2, 0) is 0 Å². The van der Waals surface area contributed by atoms with E-state index < -0.39 is 6.10 Å². The summed E-state index contributed by atoms with van der Waals surface area (Å²) in [5, 5.41) is 16.9. The zero-order chi connectivity index (χ0) is 17.1. The standard InChI is InChI=1S/C17H20BrClN4O/c1-10(24)13-8-12(6-7-14(13)18)22-17-20-9-15(19)16(23-17)21-11-4-2-3-5-11/h6-11,24H,2-5H2,1H3,(H2,20,21,22,23). The molecule has 0 bridgehead atoms. The topological polar surface area (TPSA) is 70.1 Å². The number of rotatable bonds is 5. The number of nitrogens with zero attached hydrogens (tertiary/aromatic N) is 2.